The third-order valence-corrected chi connectivity index (χ3v) is 3.51. The van der Waals surface area contributed by atoms with Crippen LogP contribution >= 0.6 is 24.8 Å². The summed E-state index contributed by atoms with van der Waals surface area (Å²) in [6, 6.07) is 13.3. The van der Waals surface area contributed by atoms with E-state index in [1.165, 1.54) is 0 Å². The number of rotatable bonds is 8. The van der Waals surface area contributed by atoms with Gasteiger partial charge >= 0.3 is 0 Å². The summed E-state index contributed by atoms with van der Waals surface area (Å²) in [5.74, 6) is 0.741. The van der Waals surface area contributed by atoms with E-state index in [9.17, 15) is 4.79 Å². The Bertz CT molecular complexity index is 608. The molecule has 0 spiro atoms. The number of carbonyl (C=O) groups excluding carboxylic acids is 1. The highest BCUT2D eigenvalue weighted by molar-refractivity contribution is 5.85. The van der Waals surface area contributed by atoms with Gasteiger partial charge in [-0.2, -0.15) is 0 Å². The Hall–Kier alpha value is -1.82. The number of anilines is 1. The van der Waals surface area contributed by atoms with Gasteiger partial charge in [-0.15, -0.1) is 24.8 Å². The fraction of sp³-hybridized carbons (Fsp3) is 0.333. The second-order valence-corrected chi connectivity index (χ2v) is 5.59. The van der Waals surface area contributed by atoms with Crippen LogP contribution in [0.1, 0.15) is 17.5 Å². The molecule has 4 N–H and O–H groups in total. The predicted molar refractivity (Wildman–Crippen MR) is 108 cm³/mol. The van der Waals surface area contributed by atoms with E-state index in [2.05, 4.69) is 15.6 Å². The molecule has 0 aliphatic carbocycles. The first-order chi connectivity index (χ1) is 11.1. The van der Waals surface area contributed by atoms with Crippen molar-refractivity contribution in [2.24, 2.45) is 5.73 Å². The summed E-state index contributed by atoms with van der Waals surface area (Å²) in [4.78, 5) is 16.2. The molecule has 7 heteroatoms. The van der Waals surface area contributed by atoms with Gasteiger partial charge in [-0.3, -0.25) is 4.79 Å². The second kappa shape index (κ2) is 12.5. The number of hydrogen-bond donors (Lipinski definition) is 3. The van der Waals surface area contributed by atoms with Crippen molar-refractivity contribution in [1.29, 1.82) is 0 Å². The Morgan fingerprint density at radius 3 is 2.48 bits per heavy atom. The second-order valence-electron chi connectivity index (χ2n) is 5.59. The summed E-state index contributed by atoms with van der Waals surface area (Å²) in [5.41, 5.74) is 8.14. The number of nitrogens with zero attached hydrogens (tertiary/aromatic N) is 1. The molecular formula is C18H26Cl2N4O. The molecule has 2 rings (SSSR count). The highest BCUT2D eigenvalue weighted by atomic mass is 35.5. The maximum absolute atomic E-state index is 11.9. The molecule has 1 atom stereocenters. The number of carbonyl (C=O) groups is 1. The smallest absolute Gasteiger partial charge is 0.237 e. The quantitative estimate of drug-likeness (QED) is 0.611. The Morgan fingerprint density at radius 2 is 1.84 bits per heavy atom. The molecule has 0 fully saturated rings. The zero-order valence-electron chi connectivity index (χ0n) is 14.3. The first kappa shape index (κ1) is 23.2. The molecule has 2 aromatic rings. The lowest BCUT2D eigenvalue weighted by atomic mass is 10.1. The first-order valence-electron chi connectivity index (χ1n) is 7.89. The maximum Gasteiger partial charge on any atom is 0.237 e. The average Bonchev–Trinajstić information content (AvgIpc) is 2.57. The molecule has 0 saturated heterocycles. The topological polar surface area (TPSA) is 80.0 Å². The van der Waals surface area contributed by atoms with Crippen LogP contribution in [0.15, 0.2) is 48.7 Å². The average molecular weight is 385 g/mol. The molecule has 1 amide bonds. The molecule has 0 radical (unpaired) electrons. The van der Waals surface area contributed by atoms with E-state index in [4.69, 9.17) is 5.73 Å². The van der Waals surface area contributed by atoms with Crippen LogP contribution in [-0.2, 0) is 11.2 Å². The van der Waals surface area contributed by atoms with Gasteiger partial charge in [-0.1, -0.05) is 36.4 Å². The van der Waals surface area contributed by atoms with Gasteiger partial charge in [0.1, 0.15) is 5.82 Å². The fourth-order valence-electron chi connectivity index (χ4n) is 2.18. The summed E-state index contributed by atoms with van der Waals surface area (Å²) >= 11 is 0. The van der Waals surface area contributed by atoms with E-state index in [-0.39, 0.29) is 30.7 Å². The lowest BCUT2D eigenvalue weighted by molar-refractivity contribution is -0.122. The van der Waals surface area contributed by atoms with Crippen molar-refractivity contribution < 1.29 is 4.79 Å². The van der Waals surface area contributed by atoms with E-state index in [0.717, 1.165) is 29.9 Å². The Labute approximate surface area is 161 Å². The molecule has 0 aliphatic rings. The molecule has 1 aromatic heterocycles. The van der Waals surface area contributed by atoms with E-state index in [1.54, 1.807) is 0 Å². The predicted octanol–water partition coefficient (Wildman–Crippen LogP) is 2.72. The summed E-state index contributed by atoms with van der Waals surface area (Å²) < 4.78 is 0. The molecule has 1 heterocycles. The van der Waals surface area contributed by atoms with Gasteiger partial charge in [0.15, 0.2) is 0 Å². The van der Waals surface area contributed by atoms with Crippen LogP contribution < -0.4 is 16.4 Å². The molecule has 0 aliphatic heterocycles. The summed E-state index contributed by atoms with van der Waals surface area (Å²) in [5, 5.41) is 6.09. The Balaban J connectivity index is 0.00000288. The minimum atomic E-state index is -0.510. The van der Waals surface area contributed by atoms with Gasteiger partial charge in [-0.25, -0.2) is 4.98 Å². The van der Waals surface area contributed by atoms with Crippen LogP contribution in [0, 0.1) is 6.92 Å². The maximum atomic E-state index is 11.9. The van der Waals surface area contributed by atoms with Crippen LogP contribution in [0.3, 0.4) is 0 Å². The molecule has 1 aromatic carbocycles. The highest BCUT2D eigenvalue weighted by Crippen LogP contribution is 2.04. The van der Waals surface area contributed by atoms with Crippen LogP contribution in [-0.4, -0.2) is 30.0 Å². The van der Waals surface area contributed by atoms with Gasteiger partial charge < -0.3 is 16.4 Å². The van der Waals surface area contributed by atoms with Gasteiger partial charge in [0.05, 0.1) is 6.04 Å². The van der Waals surface area contributed by atoms with E-state index in [1.807, 2.05) is 55.6 Å². The van der Waals surface area contributed by atoms with Crippen molar-refractivity contribution in [2.45, 2.75) is 25.8 Å². The number of aryl methyl sites for hydroxylation is 1. The zero-order valence-corrected chi connectivity index (χ0v) is 15.9. The van der Waals surface area contributed by atoms with Crippen LogP contribution in [0.5, 0.6) is 0 Å². The molecule has 5 nitrogen and oxygen atoms in total. The van der Waals surface area contributed by atoms with Gasteiger partial charge in [-0.05, 0) is 37.0 Å². The SMILES string of the molecule is Cc1ccc(NCCCNC(=O)C(N)Cc2ccccc2)nc1.Cl.Cl. The minimum Gasteiger partial charge on any atom is -0.370 e. The fourth-order valence-corrected chi connectivity index (χ4v) is 2.18. The third kappa shape index (κ3) is 8.72. The van der Waals surface area contributed by atoms with Gasteiger partial charge in [0.2, 0.25) is 5.91 Å². The Kier molecular flexibility index (Phi) is 11.6. The van der Waals surface area contributed by atoms with Crippen molar-refractivity contribution in [2.75, 3.05) is 18.4 Å². The number of pyridine rings is 1. The van der Waals surface area contributed by atoms with E-state index < -0.39 is 6.04 Å². The van der Waals surface area contributed by atoms with Crippen molar-refractivity contribution in [3.05, 3.63) is 59.8 Å². The summed E-state index contributed by atoms with van der Waals surface area (Å²) in [6.45, 7) is 3.36. The highest BCUT2D eigenvalue weighted by Gasteiger charge is 2.12. The minimum absolute atomic E-state index is 0. The van der Waals surface area contributed by atoms with Crippen molar-refractivity contribution in [1.82, 2.24) is 10.3 Å². The first-order valence-corrected chi connectivity index (χ1v) is 7.89. The van der Waals surface area contributed by atoms with Gasteiger partial charge in [0.25, 0.3) is 0 Å². The molecule has 1 unspecified atom stereocenters. The molecule has 0 saturated carbocycles. The monoisotopic (exact) mass is 384 g/mol. The van der Waals surface area contributed by atoms with Crippen molar-refractivity contribution in [3.8, 4) is 0 Å². The molecule has 0 bridgehead atoms. The van der Waals surface area contributed by atoms with E-state index in [0.29, 0.717) is 13.0 Å². The number of aromatic nitrogens is 1. The van der Waals surface area contributed by atoms with Crippen LogP contribution in [0.4, 0.5) is 5.82 Å². The number of nitrogens with one attached hydrogen (secondary N) is 2. The third-order valence-electron chi connectivity index (χ3n) is 3.51. The molecule has 138 valence electrons. The zero-order chi connectivity index (χ0) is 16.5. The standard InChI is InChI=1S/C18H24N4O.2ClH/c1-14-8-9-17(22-13-14)20-10-5-11-21-18(23)16(19)12-15-6-3-2-4-7-15;;/h2-4,6-9,13,16H,5,10-12,19H2,1H3,(H,20,22)(H,21,23);2*1H. The number of benzene rings is 1. The lowest BCUT2D eigenvalue weighted by Gasteiger charge is -2.12. The summed E-state index contributed by atoms with van der Waals surface area (Å²) in [6.07, 6.45) is 3.20. The largest absolute Gasteiger partial charge is 0.370 e. The molecule has 25 heavy (non-hydrogen) atoms. The number of amides is 1. The normalized spacial score (nSPS) is 10.8. The number of hydrogen-bond acceptors (Lipinski definition) is 4. The van der Waals surface area contributed by atoms with Gasteiger partial charge in [0, 0.05) is 19.3 Å². The lowest BCUT2D eigenvalue weighted by Crippen LogP contribution is -2.42. The van der Waals surface area contributed by atoms with E-state index >= 15 is 0 Å². The van der Waals surface area contributed by atoms with Crippen LogP contribution in [0.2, 0.25) is 0 Å². The van der Waals surface area contributed by atoms with Crippen molar-refractivity contribution in [3.63, 3.8) is 0 Å². The van der Waals surface area contributed by atoms with Crippen LogP contribution in [0.25, 0.3) is 0 Å². The molecular weight excluding hydrogens is 359 g/mol. The summed E-state index contributed by atoms with van der Waals surface area (Å²) in [7, 11) is 0. The Morgan fingerprint density at radius 1 is 1.12 bits per heavy atom. The number of nitrogens with two attached hydrogens (primary N) is 1. The van der Waals surface area contributed by atoms with Crippen molar-refractivity contribution >= 4 is 36.5 Å². The number of halogens is 2.